The smallest absolute Gasteiger partial charge is 0.309 e. The van der Waals surface area contributed by atoms with Crippen LogP contribution in [0.25, 0.3) is 0 Å². The molecule has 1 saturated heterocycles. The number of allylic oxidation sites excluding steroid dienone is 2. The molecule has 2 bridgehead atoms. The largest absolute Gasteiger partial charge is 0.469 e. The van der Waals surface area contributed by atoms with E-state index in [2.05, 4.69) is 12.2 Å². The Morgan fingerprint density at radius 2 is 2.06 bits per heavy atom. The number of methoxy groups -OCH3 is 1. The molecule has 5 atom stereocenters. The van der Waals surface area contributed by atoms with Crippen molar-refractivity contribution in [1.82, 2.24) is 0 Å². The van der Waals surface area contributed by atoms with E-state index in [9.17, 15) is 4.79 Å². The van der Waals surface area contributed by atoms with Gasteiger partial charge in [0.2, 0.25) is 0 Å². The number of hydrogen-bond donors (Lipinski definition) is 0. The van der Waals surface area contributed by atoms with Crippen LogP contribution in [0.3, 0.4) is 0 Å². The van der Waals surface area contributed by atoms with Gasteiger partial charge in [-0.3, -0.25) is 4.79 Å². The maximum absolute atomic E-state index is 12.0. The van der Waals surface area contributed by atoms with Gasteiger partial charge in [0.15, 0.2) is 5.79 Å². The van der Waals surface area contributed by atoms with Gasteiger partial charge in [-0.15, -0.1) is 0 Å². The Kier molecular flexibility index (Phi) is 2.75. The van der Waals surface area contributed by atoms with Gasteiger partial charge >= 0.3 is 5.97 Å². The van der Waals surface area contributed by atoms with E-state index in [4.69, 9.17) is 14.2 Å². The van der Waals surface area contributed by atoms with Gasteiger partial charge < -0.3 is 14.2 Å². The van der Waals surface area contributed by atoms with Crippen LogP contribution in [-0.4, -0.2) is 31.6 Å². The van der Waals surface area contributed by atoms with Crippen molar-refractivity contribution >= 4 is 5.97 Å². The van der Waals surface area contributed by atoms with Gasteiger partial charge in [0.1, 0.15) is 0 Å². The summed E-state index contributed by atoms with van der Waals surface area (Å²) in [6.07, 6.45) is 5.43. The molecule has 2 aliphatic carbocycles. The van der Waals surface area contributed by atoms with E-state index in [-0.39, 0.29) is 23.9 Å². The fourth-order valence-electron chi connectivity index (χ4n) is 3.74. The lowest BCUT2D eigenvalue weighted by molar-refractivity contribution is -0.159. The molecule has 0 aromatic carbocycles. The van der Waals surface area contributed by atoms with Crippen LogP contribution in [0.4, 0.5) is 0 Å². The number of hydrogen-bond acceptors (Lipinski definition) is 4. The number of esters is 1. The second kappa shape index (κ2) is 4.07. The highest BCUT2D eigenvalue weighted by Gasteiger charge is 2.54. The average Bonchev–Trinajstić information content (AvgIpc) is 3.00. The van der Waals surface area contributed by atoms with Crippen LogP contribution in [0.2, 0.25) is 0 Å². The van der Waals surface area contributed by atoms with Crippen molar-refractivity contribution in [3.05, 3.63) is 12.2 Å². The van der Waals surface area contributed by atoms with E-state index in [1.165, 1.54) is 7.11 Å². The molecule has 1 aliphatic heterocycles. The van der Waals surface area contributed by atoms with Crippen LogP contribution < -0.4 is 0 Å². The van der Waals surface area contributed by atoms with Crippen molar-refractivity contribution in [2.45, 2.75) is 32.2 Å². The zero-order chi connectivity index (χ0) is 12.9. The zero-order valence-corrected chi connectivity index (χ0v) is 11.1. The third kappa shape index (κ3) is 1.79. The average molecular weight is 252 g/mol. The third-order valence-corrected chi connectivity index (χ3v) is 4.45. The van der Waals surface area contributed by atoms with Gasteiger partial charge in [0.05, 0.1) is 25.7 Å². The first-order valence-corrected chi connectivity index (χ1v) is 6.60. The fourth-order valence-corrected chi connectivity index (χ4v) is 3.74. The van der Waals surface area contributed by atoms with Crippen molar-refractivity contribution in [1.29, 1.82) is 0 Å². The van der Waals surface area contributed by atoms with E-state index >= 15 is 0 Å². The van der Waals surface area contributed by atoms with Crippen molar-refractivity contribution in [2.75, 3.05) is 13.7 Å². The summed E-state index contributed by atoms with van der Waals surface area (Å²) in [5.41, 5.74) is 0. The summed E-state index contributed by atoms with van der Waals surface area (Å²) in [5.74, 6) is 0.255. The Bertz CT molecular complexity index is 387. The van der Waals surface area contributed by atoms with Crippen LogP contribution in [0.15, 0.2) is 12.2 Å². The predicted molar refractivity (Wildman–Crippen MR) is 64.6 cm³/mol. The second-order valence-corrected chi connectivity index (χ2v) is 5.94. The first-order chi connectivity index (χ1) is 8.52. The Balaban J connectivity index is 1.82. The third-order valence-electron chi connectivity index (χ3n) is 4.45. The quantitative estimate of drug-likeness (QED) is 0.555. The van der Waals surface area contributed by atoms with Crippen LogP contribution in [0.1, 0.15) is 20.3 Å². The molecule has 3 rings (SSSR count). The summed E-state index contributed by atoms with van der Waals surface area (Å²) in [7, 11) is 1.46. The predicted octanol–water partition coefficient (Wildman–Crippen LogP) is 1.75. The standard InChI is InChI=1S/C14H20O4/c1-14(2)17-7-10(18-14)11-8-4-5-9(6-8)12(11)13(15)16-3/h4-5,8-12H,6-7H2,1-3H3/t8-,9+,10-,11+,12-/m1/s1. The molecule has 1 saturated carbocycles. The lowest BCUT2D eigenvalue weighted by atomic mass is 9.79. The summed E-state index contributed by atoms with van der Waals surface area (Å²) in [5, 5.41) is 0. The molecule has 2 fully saturated rings. The molecule has 1 heterocycles. The lowest BCUT2D eigenvalue weighted by Gasteiger charge is -2.30. The summed E-state index contributed by atoms with van der Waals surface area (Å²) in [4.78, 5) is 12.0. The second-order valence-electron chi connectivity index (χ2n) is 5.94. The monoisotopic (exact) mass is 252 g/mol. The Hall–Kier alpha value is -0.870. The van der Waals surface area contributed by atoms with Crippen LogP contribution in [0.5, 0.6) is 0 Å². The van der Waals surface area contributed by atoms with Crippen molar-refractivity contribution in [3.8, 4) is 0 Å². The lowest BCUT2D eigenvalue weighted by Crippen LogP contribution is -2.38. The summed E-state index contributed by atoms with van der Waals surface area (Å²) >= 11 is 0. The molecule has 100 valence electrons. The first-order valence-electron chi connectivity index (χ1n) is 6.60. The van der Waals surface area contributed by atoms with E-state index in [0.29, 0.717) is 18.4 Å². The Labute approximate surface area is 107 Å². The zero-order valence-electron chi connectivity index (χ0n) is 11.1. The maximum Gasteiger partial charge on any atom is 0.309 e. The maximum atomic E-state index is 12.0. The minimum absolute atomic E-state index is 0.00375. The van der Waals surface area contributed by atoms with Crippen molar-refractivity contribution < 1.29 is 19.0 Å². The first kappa shape index (κ1) is 12.2. The highest BCUT2D eigenvalue weighted by molar-refractivity contribution is 5.74. The number of rotatable bonds is 2. The highest BCUT2D eigenvalue weighted by Crippen LogP contribution is 2.51. The van der Waals surface area contributed by atoms with Gasteiger partial charge in [-0.2, -0.15) is 0 Å². The number of ether oxygens (including phenoxy) is 3. The fraction of sp³-hybridized carbons (Fsp3) is 0.786. The molecule has 0 N–H and O–H groups in total. The number of carbonyl (C=O) groups is 1. The summed E-state index contributed by atoms with van der Waals surface area (Å²) in [6.45, 7) is 4.41. The van der Waals surface area contributed by atoms with E-state index < -0.39 is 5.79 Å². The van der Waals surface area contributed by atoms with E-state index in [1.807, 2.05) is 13.8 Å². The Morgan fingerprint density at radius 1 is 1.33 bits per heavy atom. The SMILES string of the molecule is COC(=O)[C@H]1[C@H]([C@H]2COC(C)(C)O2)[C@@H]2C=C[C@H]1C2. The molecule has 4 nitrogen and oxygen atoms in total. The van der Waals surface area contributed by atoms with E-state index in [1.54, 1.807) is 0 Å². The summed E-state index contributed by atoms with van der Waals surface area (Å²) in [6, 6.07) is 0. The normalized spacial score (nSPS) is 44.5. The van der Waals surface area contributed by atoms with Crippen molar-refractivity contribution in [2.24, 2.45) is 23.7 Å². The molecule has 0 radical (unpaired) electrons. The van der Waals surface area contributed by atoms with Gasteiger partial charge in [0, 0.05) is 5.92 Å². The number of carbonyl (C=O) groups excluding carboxylic acids is 1. The molecule has 18 heavy (non-hydrogen) atoms. The van der Waals surface area contributed by atoms with Gasteiger partial charge in [-0.1, -0.05) is 12.2 Å². The van der Waals surface area contributed by atoms with Crippen LogP contribution in [0, 0.1) is 23.7 Å². The summed E-state index contributed by atoms with van der Waals surface area (Å²) < 4.78 is 16.5. The topological polar surface area (TPSA) is 44.8 Å². The molecule has 0 aromatic heterocycles. The molecular weight excluding hydrogens is 232 g/mol. The van der Waals surface area contributed by atoms with Gasteiger partial charge in [-0.05, 0) is 32.1 Å². The highest BCUT2D eigenvalue weighted by atomic mass is 16.7. The minimum Gasteiger partial charge on any atom is -0.469 e. The molecule has 0 spiro atoms. The molecule has 4 heteroatoms. The van der Waals surface area contributed by atoms with Crippen LogP contribution in [-0.2, 0) is 19.0 Å². The number of fused-ring (bicyclic) bond motifs is 2. The Morgan fingerprint density at radius 3 is 2.67 bits per heavy atom. The molecule has 0 amide bonds. The van der Waals surface area contributed by atoms with Crippen molar-refractivity contribution in [3.63, 3.8) is 0 Å². The molecule has 3 aliphatic rings. The van der Waals surface area contributed by atoms with Gasteiger partial charge in [0.25, 0.3) is 0 Å². The molecular formula is C14H20O4. The molecule has 0 unspecified atom stereocenters. The van der Waals surface area contributed by atoms with Gasteiger partial charge in [-0.25, -0.2) is 0 Å². The molecule has 0 aromatic rings. The van der Waals surface area contributed by atoms with E-state index in [0.717, 1.165) is 6.42 Å². The minimum atomic E-state index is -0.531. The van der Waals surface area contributed by atoms with Crippen LogP contribution >= 0.6 is 0 Å².